The van der Waals surface area contributed by atoms with Gasteiger partial charge in [-0.15, -0.1) is 0 Å². The van der Waals surface area contributed by atoms with Gasteiger partial charge in [0.15, 0.2) is 17.5 Å². The Balaban J connectivity index is 1.40. The molecule has 9 heteroatoms. The zero-order valence-electron chi connectivity index (χ0n) is 18.9. The van der Waals surface area contributed by atoms with E-state index in [1.165, 1.54) is 12.1 Å². The number of benzene rings is 2. The molecule has 0 radical (unpaired) electrons. The normalized spacial score (nSPS) is 14.7. The van der Waals surface area contributed by atoms with E-state index in [0.29, 0.717) is 17.8 Å². The second-order valence-corrected chi connectivity index (χ2v) is 8.56. The number of anilines is 1. The monoisotopic (exact) mass is 461 g/mol. The van der Waals surface area contributed by atoms with Crippen LogP contribution in [0.4, 0.5) is 14.6 Å². The summed E-state index contributed by atoms with van der Waals surface area (Å²) in [5.41, 5.74) is 9.87. The number of aryl methyl sites for hydroxylation is 1. The van der Waals surface area contributed by atoms with Gasteiger partial charge in [-0.05, 0) is 36.2 Å². The van der Waals surface area contributed by atoms with Crippen molar-refractivity contribution in [3.05, 3.63) is 65.0 Å². The molecule has 0 aliphatic carbocycles. The van der Waals surface area contributed by atoms with Crippen LogP contribution in [0.5, 0.6) is 0 Å². The molecule has 0 unspecified atom stereocenters. The molecule has 0 spiro atoms. The van der Waals surface area contributed by atoms with Gasteiger partial charge in [-0.3, -0.25) is 4.90 Å². The summed E-state index contributed by atoms with van der Waals surface area (Å²) in [5.74, 6) is -0.252. The standard InChI is InChI=1S/C25H25F2N7/c1-32-20-4-2-3-17(14-28)22(20)23-24(32)25(31-21(15-29)30-23)34-11-9-33(10-12-34)8-7-16-5-6-18(26)19(27)13-16/h2-6,13H,7-12,15,29H2,1H3. The van der Waals surface area contributed by atoms with E-state index in [1.807, 2.05) is 19.2 Å². The van der Waals surface area contributed by atoms with E-state index in [2.05, 4.69) is 20.4 Å². The number of nitriles is 1. The van der Waals surface area contributed by atoms with Crippen LogP contribution < -0.4 is 10.6 Å². The predicted octanol–water partition coefficient (Wildman–Crippen LogP) is 3.09. The molecule has 3 heterocycles. The summed E-state index contributed by atoms with van der Waals surface area (Å²) in [4.78, 5) is 14.0. The molecule has 34 heavy (non-hydrogen) atoms. The van der Waals surface area contributed by atoms with E-state index in [0.717, 1.165) is 66.0 Å². The number of hydrogen-bond acceptors (Lipinski definition) is 6. The third-order valence-electron chi connectivity index (χ3n) is 6.56. The van der Waals surface area contributed by atoms with E-state index in [4.69, 9.17) is 15.7 Å². The number of halogens is 2. The van der Waals surface area contributed by atoms with E-state index in [1.54, 1.807) is 12.1 Å². The van der Waals surface area contributed by atoms with Crippen molar-refractivity contribution in [2.45, 2.75) is 13.0 Å². The topological polar surface area (TPSA) is 87.0 Å². The first-order valence-corrected chi connectivity index (χ1v) is 11.3. The number of rotatable bonds is 5. The summed E-state index contributed by atoms with van der Waals surface area (Å²) in [6.45, 7) is 4.15. The molecule has 1 aliphatic rings. The summed E-state index contributed by atoms with van der Waals surface area (Å²) in [6.07, 6.45) is 0.659. The van der Waals surface area contributed by atoms with Gasteiger partial charge in [0.2, 0.25) is 0 Å². The minimum atomic E-state index is -0.819. The van der Waals surface area contributed by atoms with Crippen LogP contribution in [0.25, 0.3) is 21.9 Å². The van der Waals surface area contributed by atoms with E-state index in [-0.39, 0.29) is 6.54 Å². The third kappa shape index (κ3) is 3.85. The van der Waals surface area contributed by atoms with Gasteiger partial charge in [-0.1, -0.05) is 12.1 Å². The number of piperazine rings is 1. The minimum Gasteiger partial charge on any atom is -0.352 e. The summed E-state index contributed by atoms with van der Waals surface area (Å²) < 4.78 is 28.7. The number of nitrogens with zero attached hydrogens (tertiary/aromatic N) is 6. The lowest BCUT2D eigenvalue weighted by Gasteiger charge is -2.35. The van der Waals surface area contributed by atoms with Gasteiger partial charge in [-0.25, -0.2) is 18.7 Å². The van der Waals surface area contributed by atoms with Crippen molar-refractivity contribution in [2.75, 3.05) is 37.6 Å². The maximum atomic E-state index is 13.5. The zero-order valence-corrected chi connectivity index (χ0v) is 18.9. The van der Waals surface area contributed by atoms with Crippen molar-refractivity contribution in [1.82, 2.24) is 19.4 Å². The van der Waals surface area contributed by atoms with Crippen molar-refractivity contribution in [3.8, 4) is 6.07 Å². The fourth-order valence-electron chi connectivity index (χ4n) is 4.73. The second kappa shape index (κ2) is 8.97. The molecule has 4 aromatic rings. The van der Waals surface area contributed by atoms with Gasteiger partial charge < -0.3 is 15.2 Å². The lowest BCUT2D eigenvalue weighted by Crippen LogP contribution is -2.47. The molecule has 1 fully saturated rings. The Morgan fingerprint density at radius 1 is 1.06 bits per heavy atom. The molecule has 0 bridgehead atoms. The second-order valence-electron chi connectivity index (χ2n) is 8.56. The van der Waals surface area contributed by atoms with Crippen molar-refractivity contribution in [3.63, 3.8) is 0 Å². The fraction of sp³-hybridized carbons (Fsp3) is 0.320. The molecule has 174 valence electrons. The SMILES string of the molecule is Cn1c2cccc(C#N)c2c2nc(CN)nc(N3CCN(CCc4ccc(F)c(F)c4)CC3)c21. The van der Waals surface area contributed by atoms with Gasteiger partial charge in [0.05, 0.1) is 23.7 Å². The number of fused-ring (bicyclic) bond motifs is 3. The maximum Gasteiger partial charge on any atom is 0.159 e. The molecule has 0 atom stereocenters. The number of aromatic nitrogens is 3. The first-order valence-electron chi connectivity index (χ1n) is 11.3. The Labute approximate surface area is 196 Å². The number of hydrogen-bond donors (Lipinski definition) is 1. The highest BCUT2D eigenvalue weighted by Gasteiger charge is 2.24. The van der Waals surface area contributed by atoms with Crippen molar-refractivity contribution in [1.29, 1.82) is 5.26 Å². The highest BCUT2D eigenvalue weighted by molar-refractivity contribution is 6.11. The quantitative estimate of drug-likeness (QED) is 0.492. The predicted molar refractivity (Wildman–Crippen MR) is 127 cm³/mol. The van der Waals surface area contributed by atoms with Crippen LogP contribution in [0.2, 0.25) is 0 Å². The average molecular weight is 462 g/mol. The molecule has 0 amide bonds. The van der Waals surface area contributed by atoms with Gasteiger partial charge in [0, 0.05) is 45.2 Å². The Bertz CT molecular complexity index is 1410. The largest absolute Gasteiger partial charge is 0.352 e. The zero-order chi connectivity index (χ0) is 23.8. The van der Waals surface area contributed by atoms with Crippen LogP contribution in [0.3, 0.4) is 0 Å². The third-order valence-corrected chi connectivity index (χ3v) is 6.56. The Morgan fingerprint density at radius 3 is 2.56 bits per heavy atom. The summed E-state index contributed by atoms with van der Waals surface area (Å²) in [7, 11) is 1.97. The molecule has 5 rings (SSSR count). The van der Waals surface area contributed by atoms with E-state index >= 15 is 0 Å². The van der Waals surface area contributed by atoms with Crippen molar-refractivity contribution >= 4 is 27.8 Å². The smallest absolute Gasteiger partial charge is 0.159 e. The van der Waals surface area contributed by atoms with E-state index in [9.17, 15) is 14.0 Å². The highest BCUT2D eigenvalue weighted by atomic mass is 19.2. The van der Waals surface area contributed by atoms with Crippen LogP contribution in [-0.4, -0.2) is 52.2 Å². The lowest BCUT2D eigenvalue weighted by atomic mass is 10.1. The summed E-state index contributed by atoms with van der Waals surface area (Å²) in [6, 6.07) is 12.0. The average Bonchev–Trinajstić information content (AvgIpc) is 3.16. The Morgan fingerprint density at radius 2 is 1.85 bits per heavy atom. The molecule has 2 aromatic carbocycles. The first kappa shape index (κ1) is 22.2. The Kier molecular flexibility index (Phi) is 5.86. The molecule has 2 aromatic heterocycles. The van der Waals surface area contributed by atoms with Crippen molar-refractivity contribution in [2.24, 2.45) is 12.8 Å². The Hall–Kier alpha value is -3.61. The molecule has 1 aliphatic heterocycles. The molecular formula is C25H25F2N7. The van der Waals surface area contributed by atoms with Gasteiger partial charge >= 0.3 is 0 Å². The highest BCUT2D eigenvalue weighted by Crippen LogP contribution is 2.34. The van der Waals surface area contributed by atoms with Crippen molar-refractivity contribution < 1.29 is 8.78 Å². The molecule has 2 N–H and O–H groups in total. The summed E-state index contributed by atoms with van der Waals surface area (Å²) in [5, 5.41) is 10.5. The molecular weight excluding hydrogens is 436 g/mol. The molecule has 0 saturated carbocycles. The molecule has 7 nitrogen and oxygen atoms in total. The fourth-order valence-corrected chi connectivity index (χ4v) is 4.73. The van der Waals surface area contributed by atoms with Gasteiger partial charge in [0.25, 0.3) is 0 Å². The van der Waals surface area contributed by atoms with Gasteiger partial charge in [-0.2, -0.15) is 5.26 Å². The van der Waals surface area contributed by atoms with Crippen LogP contribution in [-0.2, 0) is 20.0 Å². The van der Waals surface area contributed by atoms with Crippen LogP contribution in [0.1, 0.15) is 17.0 Å². The number of nitrogens with two attached hydrogens (primary N) is 1. The van der Waals surface area contributed by atoms with E-state index < -0.39 is 11.6 Å². The first-order chi connectivity index (χ1) is 16.5. The van der Waals surface area contributed by atoms with Crippen LogP contribution in [0, 0.1) is 23.0 Å². The van der Waals surface area contributed by atoms with Crippen LogP contribution in [0.15, 0.2) is 36.4 Å². The molecule has 1 saturated heterocycles. The van der Waals surface area contributed by atoms with Gasteiger partial charge in [0.1, 0.15) is 16.9 Å². The minimum absolute atomic E-state index is 0.211. The van der Waals surface area contributed by atoms with Crippen LogP contribution >= 0.6 is 0 Å². The summed E-state index contributed by atoms with van der Waals surface area (Å²) >= 11 is 0. The maximum absolute atomic E-state index is 13.5. The lowest BCUT2D eigenvalue weighted by molar-refractivity contribution is 0.260.